The second kappa shape index (κ2) is 7.34. The van der Waals surface area contributed by atoms with Crippen LogP contribution in [-0.2, 0) is 17.8 Å². The summed E-state index contributed by atoms with van der Waals surface area (Å²) in [5.41, 5.74) is 3.11. The number of carbonyl (C=O) groups is 1. The molecule has 1 radical (unpaired) electrons. The first-order valence-electron chi connectivity index (χ1n) is 6.59. The molecular weight excluding hydrogens is 250 g/mol. The van der Waals surface area contributed by atoms with E-state index < -0.39 is 0 Å². The van der Waals surface area contributed by atoms with E-state index >= 15 is 0 Å². The average molecular weight is 268 g/mol. The highest BCUT2D eigenvalue weighted by Gasteiger charge is 2.02. The van der Waals surface area contributed by atoms with Gasteiger partial charge in [0.05, 0.1) is 0 Å². The van der Waals surface area contributed by atoms with Crippen LogP contribution >= 0.6 is 0 Å². The van der Waals surface area contributed by atoms with Crippen molar-refractivity contribution >= 4 is 6.09 Å². The third kappa shape index (κ3) is 4.76. The number of nitrogens with one attached hydrogen (secondary N) is 1. The second-order valence-corrected chi connectivity index (χ2v) is 4.56. The molecule has 1 amide bonds. The molecule has 0 bridgehead atoms. The lowest BCUT2D eigenvalue weighted by Gasteiger charge is -2.07. The summed E-state index contributed by atoms with van der Waals surface area (Å²) in [4.78, 5) is 11.5. The predicted molar refractivity (Wildman–Crippen MR) is 79.2 cm³/mol. The third-order valence-electron chi connectivity index (χ3n) is 2.89. The van der Waals surface area contributed by atoms with Crippen LogP contribution in [0.15, 0.2) is 54.6 Å². The number of carbonyl (C=O) groups excluding carboxylic acids is 1. The Balaban J connectivity index is 1.68. The maximum Gasteiger partial charge on any atom is 0.407 e. The number of amides is 1. The van der Waals surface area contributed by atoms with Crippen molar-refractivity contribution in [3.63, 3.8) is 0 Å². The molecule has 3 nitrogen and oxygen atoms in total. The number of hydrogen-bond donors (Lipinski definition) is 1. The Labute approximate surface area is 119 Å². The van der Waals surface area contributed by atoms with Crippen LogP contribution in [0.4, 0.5) is 4.79 Å². The maximum atomic E-state index is 11.5. The second-order valence-electron chi connectivity index (χ2n) is 4.56. The lowest BCUT2D eigenvalue weighted by molar-refractivity contribution is 0.140. The zero-order valence-corrected chi connectivity index (χ0v) is 11.3. The van der Waals surface area contributed by atoms with Crippen molar-refractivity contribution in [3.05, 3.63) is 78.2 Å². The van der Waals surface area contributed by atoms with Crippen molar-refractivity contribution in [2.45, 2.75) is 13.0 Å². The van der Waals surface area contributed by atoms with Gasteiger partial charge in [-0.3, -0.25) is 0 Å². The minimum absolute atomic E-state index is 0.293. The number of ether oxygens (including phenoxy) is 1. The topological polar surface area (TPSA) is 38.3 Å². The zero-order valence-electron chi connectivity index (χ0n) is 11.3. The molecule has 2 aromatic carbocycles. The lowest BCUT2D eigenvalue weighted by atomic mass is 10.1. The standard InChI is InChI=1S/C17H18NO2/c1-14-6-5-9-15(12-14)10-11-18-17(19)20-13-16-7-3-2-4-8-16/h2-9,12H,1,10-11,13H2,(H,18,19). The summed E-state index contributed by atoms with van der Waals surface area (Å²) in [5.74, 6) is 0. The molecule has 0 aliphatic rings. The quantitative estimate of drug-likeness (QED) is 0.903. The van der Waals surface area contributed by atoms with Gasteiger partial charge in [0.25, 0.3) is 0 Å². The van der Waals surface area contributed by atoms with Crippen molar-refractivity contribution in [2.75, 3.05) is 6.54 Å². The minimum Gasteiger partial charge on any atom is -0.445 e. The molecular formula is C17H18NO2. The monoisotopic (exact) mass is 268 g/mol. The van der Waals surface area contributed by atoms with Crippen LogP contribution in [0, 0.1) is 6.92 Å². The van der Waals surface area contributed by atoms with Crippen molar-refractivity contribution in [3.8, 4) is 0 Å². The Morgan fingerprint density at radius 1 is 1.05 bits per heavy atom. The molecule has 0 saturated heterocycles. The summed E-state index contributed by atoms with van der Waals surface area (Å²) < 4.78 is 5.13. The van der Waals surface area contributed by atoms with E-state index in [4.69, 9.17) is 4.74 Å². The van der Waals surface area contributed by atoms with Crippen molar-refractivity contribution in [1.82, 2.24) is 5.32 Å². The van der Waals surface area contributed by atoms with Gasteiger partial charge >= 0.3 is 6.09 Å². The van der Waals surface area contributed by atoms with Crippen molar-refractivity contribution in [2.24, 2.45) is 0 Å². The maximum absolute atomic E-state index is 11.5. The summed E-state index contributed by atoms with van der Waals surface area (Å²) in [5, 5.41) is 2.74. The van der Waals surface area contributed by atoms with Gasteiger partial charge in [-0.15, -0.1) is 0 Å². The summed E-state index contributed by atoms with van der Waals surface area (Å²) in [7, 11) is 0. The smallest absolute Gasteiger partial charge is 0.407 e. The molecule has 20 heavy (non-hydrogen) atoms. The Bertz CT molecular complexity index is 552. The van der Waals surface area contributed by atoms with Gasteiger partial charge in [0.2, 0.25) is 0 Å². The molecule has 0 spiro atoms. The first-order valence-corrected chi connectivity index (χ1v) is 6.59. The fourth-order valence-electron chi connectivity index (χ4n) is 1.87. The molecule has 0 unspecified atom stereocenters. The Hall–Kier alpha value is -2.29. The number of rotatable bonds is 5. The van der Waals surface area contributed by atoms with Gasteiger partial charge in [0.1, 0.15) is 6.61 Å². The van der Waals surface area contributed by atoms with Crippen LogP contribution in [0.2, 0.25) is 0 Å². The van der Waals surface area contributed by atoms with E-state index in [2.05, 4.69) is 12.2 Å². The fraction of sp³-hybridized carbons (Fsp3) is 0.176. The largest absolute Gasteiger partial charge is 0.445 e. The van der Waals surface area contributed by atoms with E-state index in [-0.39, 0.29) is 6.09 Å². The van der Waals surface area contributed by atoms with Gasteiger partial charge in [-0.25, -0.2) is 4.79 Å². The fourth-order valence-corrected chi connectivity index (χ4v) is 1.87. The van der Waals surface area contributed by atoms with Gasteiger partial charge in [-0.05, 0) is 30.0 Å². The molecule has 2 aromatic rings. The van der Waals surface area contributed by atoms with Crippen molar-refractivity contribution < 1.29 is 9.53 Å². The van der Waals surface area contributed by atoms with E-state index in [1.807, 2.05) is 54.6 Å². The van der Waals surface area contributed by atoms with Gasteiger partial charge < -0.3 is 10.1 Å². The first kappa shape index (κ1) is 14.1. The van der Waals surface area contributed by atoms with Gasteiger partial charge in [-0.1, -0.05) is 54.6 Å². The number of hydrogen-bond acceptors (Lipinski definition) is 2. The van der Waals surface area contributed by atoms with E-state index in [1.54, 1.807) is 0 Å². The Morgan fingerprint density at radius 2 is 1.80 bits per heavy atom. The number of alkyl carbamates (subject to hydrolysis) is 1. The van der Waals surface area contributed by atoms with Gasteiger partial charge in [-0.2, -0.15) is 0 Å². The Kier molecular flexibility index (Phi) is 5.18. The zero-order chi connectivity index (χ0) is 14.2. The average Bonchev–Trinajstić information content (AvgIpc) is 2.46. The predicted octanol–water partition coefficient (Wildman–Crippen LogP) is 3.34. The third-order valence-corrected chi connectivity index (χ3v) is 2.89. The van der Waals surface area contributed by atoms with E-state index in [1.165, 1.54) is 0 Å². The highest BCUT2D eigenvalue weighted by Crippen LogP contribution is 2.04. The molecule has 3 heteroatoms. The summed E-state index contributed by atoms with van der Waals surface area (Å²) >= 11 is 0. The van der Waals surface area contributed by atoms with Crippen molar-refractivity contribution in [1.29, 1.82) is 0 Å². The highest BCUT2D eigenvalue weighted by molar-refractivity contribution is 5.67. The summed E-state index contributed by atoms with van der Waals surface area (Å²) in [6.07, 6.45) is 0.378. The molecule has 1 N–H and O–H groups in total. The van der Waals surface area contributed by atoms with Gasteiger partial charge in [0.15, 0.2) is 0 Å². The molecule has 0 saturated carbocycles. The van der Waals surface area contributed by atoms with Crippen LogP contribution < -0.4 is 5.32 Å². The molecule has 0 atom stereocenters. The van der Waals surface area contributed by atoms with Crippen LogP contribution in [0.3, 0.4) is 0 Å². The van der Waals surface area contributed by atoms with E-state index in [0.717, 1.165) is 23.1 Å². The normalized spacial score (nSPS) is 10.1. The first-order chi connectivity index (χ1) is 9.74. The molecule has 0 fully saturated rings. The molecule has 2 rings (SSSR count). The molecule has 103 valence electrons. The lowest BCUT2D eigenvalue weighted by Crippen LogP contribution is -2.26. The molecule has 0 aliphatic carbocycles. The molecule has 0 aliphatic heterocycles. The van der Waals surface area contributed by atoms with Crippen LogP contribution in [0.5, 0.6) is 0 Å². The minimum atomic E-state index is -0.389. The SMILES string of the molecule is [CH2]c1cccc(CCNC(=O)OCc2ccccc2)c1. The van der Waals surface area contributed by atoms with Crippen LogP contribution in [-0.4, -0.2) is 12.6 Å². The Morgan fingerprint density at radius 3 is 2.55 bits per heavy atom. The summed E-state index contributed by atoms with van der Waals surface area (Å²) in [6, 6.07) is 17.6. The van der Waals surface area contributed by atoms with Crippen LogP contribution in [0.1, 0.15) is 16.7 Å². The van der Waals surface area contributed by atoms with Crippen LogP contribution in [0.25, 0.3) is 0 Å². The van der Waals surface area contributed by atoms with E-state index in [0.29, 0.717) is 13.2 Å². The summed E-state index contributed by atoms with van der Waals surface area (Å²) in [6.45, 7) is 4.72. The molecule has 0 aromatic heterocycles. The number of benzene rings is 2. The van der Waals surface area contributed by atoms with E-state index in [9.17, 15) is 4.79 Å². The highest BCUT2D eigenvalue weighted by atomic mass is 16.5. The molecule has 0 heterocycles. The van der Waals surface area contributed by atoms with Gasteiger partial charge in [0, 0.05) is 6.54 Å².